The third-order valence-electron chi connectivity index (χ3n) is 4.28. The van der Waals surface area contributed by atoms with E-state index in [9.17, 15) is 4.79 Å². The summed E-state index contributed by atoms with van der Waals surface area (Å²) in [6.45, 7) is 0.803. The average Bonchev–Trinajstić information content (AvgIpc) is 2.49. The molecule has 0 radical (unpaired) electrons. The summed E-state index contributed by atoms with van der Waals surface area (Å²) in [5, 5.41) is 0. The Labute approximate surface area is 133 Å². The molecule has 3 atom stereocenters. The number of piperidine rings is 1. The molecule has 2 aliphatic heterocycles. The standard InChI is InChI=1S/C16H18INO2/c1-20-16(19)18-10-12-4-7-15(18)13(9-12)8-11-2-5-14(17)6-3-11/h2-7,12-13,15H,8-10H2,1H3. The van der Waals surface area contributed by atoms with E-state index in [1.807, 2.05) is 4.90 Å². The molecule has 0 aromatic heterocycles. The van der Waals surface area contributed by atoms with E-state index >= 15 is 0 Å². The Balaban J connectivity index is 1.76. The lowest BCUT2D eigenvalue weighted by Gasteiger charge is -2.45. The van der Waals surface area contributed by atoms with Gasteiger partial charge in [-0.15, -0.1) is 0 Å². The molecule has 1 saturated heterocycles. The minimum atomic E-state index is -0.198. The van der Waals surface area contributed by atoms with Gasteiger partial charge in [-0.1, -0.05) is 24.3 Å². The Morgan fingerprint density at radius 2 is 2.10 bits per heavy atom. The second-order valence-electron chi connectivity index (χ2n) is 5.58. The molecule has 20 heavy (non-hydrogen) atoms. The van der Waals surface area contributed by atoms with Crippen molar-refractivity contribution in [3.8, 4) is 0 Å². The summed E-state index contributed by atoms with van der Waals surface area (Å²) in [5.74, 6) is 0.978. The Morgan fingerprint density at radius 1 is 1.35 bits per heavy atom. The molecular weight excluding hydrogens is 365 g/mol. The fourth-order valence-corrected chi connectivity index (χ4v) is 3.70. The Morgan fingerprint density at radius 3 is 2.75 bits per heavy atom. The van der Waals surface area contributed by atoms with Crippen LogP contribution in [0, 0.1) is 15.4 Å². The first-order chi connectivity index (χ1) is 9.67. The first kappa shape index (κ1) is 13.9. The van der Waals surface area contributed by atoms with E-state index in [0.717, 1.165) is 13.0 Å². The molecule has 106 valence electrons. The van der Waals surface area contributed by atoms with Crippen molar-refractivity contribution < 1.29 is 9.53 Å². The van der Waals surface area contributed by atoms with Crippen LogP contribution in [0.5, 0.6) is 0 Å². The molecule has 3 nitrogen and oxygen atoms in total. The van der Waals surface area contributed by atoms with Crippen molar-refractivity contribution in [1.29, 1.82) is 0 Å². The van der Waals surface area contributed by atoms with Crippen LogP contribution >= 0.6 is 22.6 Å². The number of nitrogens with zero attached hydrogens (tertiary/aromatic N) is 1. The minimum absolute atomic E-state index is 0.187. The fraction of sp³-hybridized carbons (Fsp3) is 0.438. The molecule has 1 aliphatic carbocycles. The number of rotatable bonds is 2. The second-order valence-corrected chi connectivity index (χ2v) is 6.83. The highest BCUT2D eigenvalue weighted by molar-refractivity contribution is 14.1. The predicted octanol–water partition coefficient (Wildman–Crippen LogP) is 3.48. The number of carbonyl (C=O) groups is 1. The summed E-state index contributed by atoms with van der Waals surface area (Å²) in [6, 6.07) is 8.86. The number of halogens is 1. The van der Waals surface area contributed by atoms with Crippen LogP contribution in [0.2, 0.25) is 0 Å². The zero-order valence-electron chi connectivity index (χ0n) is 11.5. The lowest BCUT2D eigenvalue weighted by molar-refractivity contribution is 0.0609. The normalized spacial score (nSPS) is 27.7. The fourth-order valence-electron chi connectivity index (χ4n) is 3.34. The van der Waals surface area contributed by atoms with Crippen molar-refractivity contribution in [2.24, 2.45) is 11.8 Å². The third kappa shape index (κ3) is 2.71. The van der Waals surface area contributed by atoms with E-state index in [2.05, 4.69) is 59.0 Å². The number of ether oxygens (including phenoxy) is 1. The highest BCUT2D eigenvalue weighted by Crippen LogP contribution is 2.36. The molecule has 1 fully saturated rings. The van der Waals surface area contributed by atoms with E-state index in [-0.39, 0.29) is 12.1 Å². The Hall–Kier alpha value is -1.04. The maximum Gasteiger partial charge on any atom is 0.410 e. The van der Waals surface area contributed by atoms with Crippen LogP contribution in [0.3, 0.4) is 0 Å². The van der Waals surface area contributed by atoms with E-state index in [4.69, 9.17) is 4.74 Å². The summed E-state index contributed by atoms with van der Waals surface area (Å²) in [7, 11) is 1.46. The smallest absolute Gasteiger partial charge is 0.410 e. The molecule has 2 heterocycles. The Kier molecular flexibility index (Phi) is 4.01. The molecule has 1 amide bonds. The maximum absolute atomic E-state index is 11.9. The number of fused-ring (bicyclic) bond motifs is 2. The van der Waals surface area contributed by atoms with Gasteiger partial charge >= 0.3 is 6.09 Å². The molecule has 1 aromatic carbocycles. The number of hydrogen-bond acceptors (Lipinski definition) is 2. The molecule has 1 aromatic rings. The number of hydrogen-bond donors (Lipinski definition) is 0. The molecule has 0 N–H and O–H groups in total. The molecule has 0 spiro atoms. The van der Waals surface area contributed by atoms with Gasteiger partial charge in [0.25, 0.3) is 0 Å². The van der Waals surface area contributed by atoms with E-state index < -0.39 is 0 Å². The van der Waals surface area contributed by atoms with Gasteiger partial charge in [0.2, 0.25) is 0 Å². The quantitative estimate of drug-likeness (QED) is 0.578. The number of methoxy groups -OCH3 is 1. The number of carbonyl (C=O) groups excluding carboxylic acids is 1. The van der Waals surface area contributed by atoms with Crippen LogP contribution in [0.25, 0.3) is 0 Å². The SMILES string of the molecule is COC(=O)N1CC2C=CC1C(Cc1ccc(I)cc1)C2. The molecular formula is C16H18INO2. The zero-order valence-corrected chi connectivity index (χ0v) is 13.6. The Bertz CT molecular complexity index is 526. The van der Waals surface area contributed by atoms with Crippen molar-refractivity contribution in [2.45, 2.75) is 18.9 Å². The van der Waals surface area contributed by atoms with Gasteiger partial charge in [-0.25, -0.2) is 4.79 Å². The van der Waals surface area contributed by atoms with Gasteiger partial charge in [-0.2, -0.15) is 0 Å². The topological polar surface area (TPSA) is 29.5 Å². The van der Waals surface area contributed by atoms with Gasteiger partial charge in [0.15, 0.2) is 0 Å². The van der Waals surface area contributed by atoms with Gasteiger partial charge in [0, 0.05) is 10.1 Å². The molecule has 0 saturated carbocycles. The number of benzene rings is 1. The van der Waals surface area contributed by atoms with Gasteiger partial charge in [-0.3, -0.25) is 0 Å². The van der Waals surface area contributed by atoms with E-state index in [1.54, 1.807) is 0 Å². The third-order valence-corrected chi connectivity index (χ3v) is 5.00. The van der Waals surface area contributed by atoms with Crippen molar-refractivity contribution in [2.75, 3.05) is 13.7 Å². The largest absolute Gasteiger partial charge is 0.453 e. The predicted molar refractivity (Wildman–Crippen MR) is 86.5 cm³/mol. The zero-order chi connectivity index (χ0) is 14.1. The minimum Gasteiger partial charge on any atom is -0.453 e. The van der Waals surface area contributed by atoms with Crippen molar-refractivity contribution in [3.05, 3.63) is 45.6 Å². The van der Waals surface area contributed by atoms with Gasteiger partial charge in [0.1, 0.15) is 0 Å². The molecule has 3 aliphatic rings. The van der Waals surface area contributed by atoms with E-state index in [1.165, 1.54) is 22.7 Å². The van der Waals surface area contributed by atoms with Gasteiger partial charge in [-0.05, 0) is 65.0 Å². The maximum atomic E-state index is 11.9. The highest BCUT2D eigenvalue weighted by Gasteiger charge is 2.40. The van der Waals surface area contributed by atoms with Crippen LogP contribution in [-0.4, -0.2) is 30.7 Å². The van der Waals surface area contributed by atoms with Crippen LogP contribution in [0.1, 0.15) is 12.0 Å². The molecule has 4 rings (SSSR count). The first-order valence-electron chi connectivity index (χ1n) is 6.94. The lowest BCUT2D eigenvalue weighted by atomic mass is 9.75. The molecule has 2 bridgehead atoms. The van der Waals surface area contributed by atoms with Crippen molar-refractivity contribution >= 4 is 28.7 Å². The van der Waals surface area contributed by atoms with Crippen LogP contribution in [0.15, 0.2) is 36.4 Å². The average molecular weight is 383 g/mol. The van der Waals surface area contributed by atoms with Gasteiger partial charge in [0.05, 0.1) is 13.2 Å². The summed E-state index contributed by atoms with van der Waals surface area (Å²) < 4.78 is 6.17. The monoisotopic (exact) mass is 383 g/mol. The highest BCUT2D eigenvalue weighted by atomic mass is 127. The van der Waals surface area contributed by atoms with Gasteiger partial charge < -0.3 is 9.64 Å². The molecule has 3 unspecified atom stereocenters. The van der Waals surface area contributed by atoms with Crippen molar-refractivity contribution in [3.63, 3.8) is 0 Å². The summed E-state index contributed by atoms with van der Waals surface area (Å²) >= 11 is 2.32. The van der Waals surface area contributed by atoms with Crippen LogP contribution in [0.4, 0.5) is 4.79 Å². The summed E-state index contributed by atoms with van der Waals surface area (Å²) in [5.41, 5.74) is 1.35. The molecule has 4 heteroatoms. The second kappa shape index (κ2) is 5.76. The van der Waals surface area contributed by atoms with Crippen LogP contribution < -0.4 is 0 Å². The summed E-state index contributed by atoms with van der Waals surface area (Å²) in [6.07, 6.45) is 6.44. The van der Waals surface area contributed by atoms with Crippen molar-refractivity contribution in [1.82, 2.24) is 4.90 Å². The van der Waals surface area contributed by atoms with E-state index in [0.29, 0.717) is 11.8 Å². The van der Waals surface area contributed by atoms with Crippen LogP contribution in [-0.2, 0) is 11.2 Å². The lowest BCUT2D eigenvalue weighted by Crippen LogP contribution is -2.53. The first-order valence-corrected chi connectivity index (χ1v) is 8.02. The number of amides is 1. The summed E-state index contributed by atoms with van der Waals surface area (Å²) in [4.78, 5) is 13.7.